The van der Waals surface area contributed by atoms with Crippen molar-refractivity contribution in [2.75, 3.05) is 20.2 Å². The number of carbonyl (C=O) groups is 1. The van der Waals surface area contributed by atoms with Crippen LogP contribution in [-0.2, 0) is 14.9 Å². The van der Waals surface area contributed by atoms with Gasteiger partial charge in [-0.2, -0.15) is 0 Å². The minimum absolute atomic E-state index is 0.113. The van der Waals surface area contributed by atoms with E-state index in [9.17, 15) is 4.79 Å². The van der Waals surface area contributed by atoms with Gasteiger partial charge in [0.2, 0.25) is 0 Å². The molecule has 1 N–H and O–H groups in total. The molecule has 0 bridgehead atoms. The number of rotatable bonds is 7. The maximum absolute atomic E-state index is 10.9. The fraction of sp³-hybridized carbons (Fsp3) is 0.615. The lowest BCUT2D eigenvalue weighted by molar-refractivity contribution is -0.140. The molecule has 0 unspecified atom stereocenters. The number of carbonyl (C=O) groups excluding carboxylic acids is 1. The number of methoxy groups -OCH3 is 1. The molecular weight excluding hydrogens is 314 g/mol. The lowest BCUT2D eigenvalue weighted by Crippen LogP contribution is -2.33. The molecule has 18 heavy (non-hydrogen) atoms. The third kappa shape index (κ3) is 5.08. The third-order valence-corrected chi connectivity index (χ3v) is 4.76. The van der Waals surface area contributed by atoms with Gasteiger partial charge in [-0.25, -0.2) is 0 Å². The Kier molecular flexibility index (Phi) is 6.32. The Balaban J connectivity index is 2.28. The first-order valence-corrected chi connectivity index (χ1v) is 7.60. The van der Waals surface area contributed by atoms with Gasteiger partial charge >= 0.3 is 5.97 Å². The maximum Gasteiger partial charge on any atom is 0.305 e. The topological polar surface area (TPSA) is 38.3 Å². The predicted octanol–water partition coefficient (Wildman–Crippen LogP) is 3.33. The molecule has 0 radical (unpaired) electrons. The van der Waals surface area contributed by atoms with Crippen molar-refractivity contribution in [1.29, 1.82) is 0 Å². The van der Waals surface area contributed by atoms with E-state index >= 15 is 0 Å². The molecule has 1 aromatic heterocycles. The third-order valence-electron chi connectivity index (χ3n) is 2.77. The van der Waals surface area contributed by atoms with Crippen molar-refractivity contribution in [2.45, 2.75) is 32.1 Å². The molecule has 1 heterocycles. The van der Waals surface area contributed by atoms with Gasteiger partial charge in [-0.05, 0) is 41.0 Å². The summed E-state index contributed by atoms with van der Waals surface area (Å²) in [6, 6.07) is 4.24. The zero-order valence-electron chi connectivity index (χ0n) is 11.1. The van der Waals surface area contributed by atoms with Crippen LogP contribution < -0.4 is 5.32 Å². The van der Waals surface area contributed by atoms with Crippen molar-refractivity contribution in [3.63, 3.8) is 0 Å². The first kappa shape index (κ1) is 15.7. The van der Waals surface area contributed by atoms with Crippen molar-refractivity contribution in [1.82, 2.24) is 5.32 Å². The summed E-state index contributed by atoms with van der Waals surface area (Å²) < 4.78 is 5.76. The number of esters is 1. The molecule has 1 aromatic rings. The van der Waals surface area contributed by atoms with Crippen LogP contribution in [0.25, 0.3) is 0 Å². The van der Waals surface area contributed by atoms with Crippen molar-refractivity contribution in [3.05, 3.63) is 20.8 Å². The maximum atomic E-state index is 10.9. The van der Waals surface area contributed by atoms with E-state index in [1.165, 1.54) is 12.0 Å². The summed E-state index contributed by atoms with van der Waals surface area (Å²) in [5.41, 5.74) is 0.113. The van der Waals surface area contributed by atoms with Gasteiger partial charge < -0.3 is 10.1 Å². The van der Waals surface area contributed by atoms with Crippen LogP contribution in [0.1, 0.15) is 31.6 Å². The highest BCUT2D eigenvalue weighted by Crippen LogP contribution is 2.32. The van der Waals surface area contributed by atoms with Crippen molar-refractivity contribution in [3.8, 4) is 0 Å². The molecular formula is C13H20BrNO2S. The molecule has 0 atom stereocenters. The van der Waals surface area contributed by atoms with Gasteiger partial charge in [-0.1, -0.05) is 13.8 Å². The van der Waals surface area contributed by atoms with Crippen LogP contribution in [0.5, 0.6) is 0 Å². The molecule has 0 fully saturated rings. The van der Waals surface area contributed by atoms with Crippen LogP contribution in [0.15, 0.2) is 15.9 Å². The van der Waals surface area contributed by atoms with E-state index in [2.05, 4.69) is 52.0 Å². The van der Waals surface area contributed by atoms with Crippen LogP contribution in [0.4, 0.5) is 0 Å². The lowest BCUT2D eigenvalue weighted by atomic mass is 9.91. The summed E-state index contributed by atoms with van der Waals surface area (Å²) in [7, 11) is 1.42. The Labute approximate surface area is 121 Å². The Hall–Kier alpha value is -0.390. The summed E-state index contributed by atoms with van der Waals surface area (Å²) in [5.74, 6) is -0.141. The average molecular weight is 334 g/mol. The number of hydrogen-bond donors (Lipinski definition) is 1. The standard InChI is InChI=1S/C13H20BrNO2S/c1-13(2,10-6-7-11(14)18-10)9-15-8-4-5-12(16)17-3/h6-7,15H,4-5,8-9H2,1-3H3. The molecule has 0 amide bonds. The first-order chi connectivity index (χ1) is 8.45. The molecule has 0 aliphatic rings. The summed E-state index contributed by atoms with van der Waals surface area (Å²) in [6.07, 6.45) is 1.30. The van der Waals surface area contributed by atoms with Gasteiger partial charge in [0.1, 0.15) is 0 Å². The fourth-order valence-corrected chi connectivity index (χ4v) is 3.11. The van der Waals surface area contributed by atoms with Crippen molar-refractivity contribution >= 4 is 33.2 Å². The average Bonchev–Trinajstić information content (AvgIpc) is 2.75. The number of hydrogen-bond acceptors (Lipinski definition) is 4. The number of ether oxygens (including phenoxy) is 1. The molecule has 102 valence electrons. The van der Waals surface area contributed by atoms with Crippen LogP contribution >= 0.6 is 27.3 Å². The molecule has 0 spiro atoms. The second-order valence-electron chi connectivity index (χ2n) is 4.84. The molecule has 5 heteroatoms. The van der Waals surface area contributed by atoms with Crippen molar-refractivity contribution in [2.24, 2.45) is 0 Å². The molecule has 3 nitrogen and oxygen atoms in total. The smallest absolute Gasteiger partial charge is 0.305 e. The van der Waals surface area contributed by atoms with E-state index in [-0.39, 0.29) is 11.4 Å². The Morgan fingerprint density at radius 1 is 1.50 bits per heavy atom. The van der Waals surface area contributed by atoms with E-state index in [1.54, 1.807) is 11.3 Å². The monoisotopic (exact) mass is 333 g/mol. The second kappa shape index (κ2) is 7.26. The first-order valence-electron chi connectivity index (χ1n) is 5.99. The van der Waals surface area contributed by atoms with Crippen LogP contribution in [-0.4, -0.2) is 26.2 Å². The number of halogens is 1. The van der Waals surface area contributed by atoms with Gasteiger partial charge in [-0.15, -0.1) is 11.3 Å². The Morgan fingerprint density at radius 2 is 2.22 bits per heavy atom. The quantitative estimate of drug-likeness (QED) is 0.614. The van der Waals surface area contributed by atoms with E-state index in [0.717, 1.165) is 23.3 Å². The number of thiophene rings is 1. The summed E-state index contributed by atoms with van der Waals surface area (Å²) in [5, 5.41) is 3.40. The summed E-state index contributed by atoms with van der Waals surface area (Å²) in [6.45, 7) is 6.18. The van der Waals surface area contributed by atoms with Gasteiger partial charge in [0.15, 0.2) is 0 Å². The van der Waals surface area contributed by atoms with Crippen molar-refractivity contribution < 1.29 is 9.53 Å². The fourth-order valence-electron chi connectivity index (χ4n) is 1.63. The predicted molar refractivity (Wildman–Crippen MR) is 79.2 cm³/mol. The Bertz CT molecular complexity index is 390. The summed E-state index contributed by atoms with van der Waals surface area (Å²) >= 11 is 5.26. The van der Waals surface area contributed by atoms with E-state index < -0.39 is 0 Å². The van der Waals surface area contributed by atoms with E-state index in [1.807, 2.05) is 0 Å². The highest BCUT2D eigenvalue weighted by atomic mass is 79.9. The minimum atomic E-state index is -0.141. The molecule has 0 aromatic carbocycles. The molecule has 0 saturated heterocycles. The minimum Gasteiger partial charge on any atom is -0.469 e. The summed E-state index contributed by atoms with van der Waals surface area (Å²) in [4.78, 5) is 12.3. The van der Waals surface area contributed by atoms with Crippen LogP contribution in [0.3, 0.4) is 0 Å². The number of nitrogens with one attached hydrogen (secondary N) is 1. The van der Waals surface area contributed by atoms with E-state index in [0.29, 0.717) is 6.42 Å². The van der Waals surface area contributed by atoms with Gasteiger partial charge in [0, 0.05) is 23.3 Å². The lowest BCUT2D eigenvalue weighted by Gasteiger charge is -2.23. The van der Waals surface area contributed by atoms with Gasteiger partial charge in [0.05, 0.1) is 10.9 Å². The highest BCUT2D eigenvalue weighted by Gasteiger charge is 2.21. The van der Waals surface area contributed by atoms with Gasteiger partial charge in [-0.3, -0.25) is 4.79 Å². The normalized spacial score (nSPS) is 11.6. The van der Waals surface area contributed by atoms with E-state index in [4.69, 9.17) is 0 Å². The van der Waals surface area contributed by atoms with Gasteiger partial charge in [0.25, 0.3) is 0 Å². The zero-order chi connectivity index (χ0) is 13.6. The molecule has 0 saturated carbocycles. The zero-order valence-corrected chi connectivity index (χ0v) is 13.5. The largest absolute Gasteiger partial charge is 0.469 e. The Morgan fingerprint density at radius 3 is 2.78 bits per heavy atom. The molecule has 0 aliphatic carbocycles. The van der Waals surface area contributed by atoms with Crippen LogP contribution in [0.2, 0.25) is 0 Å². The highest BCUT2D eigenvalue weighted by molar-refractivity contribution is 9.11. The molecule has 1 rings (SSSR count). The van der Waals surface area contributed by atoms with Crippen LogP contribution in [0, 0.1) is 0 Å². The second-order valence-corrected chi connectivity index (χ2v) is 7.31. The SMILES string of the molecule is COC(=O)CCCNCC(C)(C)c1ccc(Br)s1. The molecule has 0 aliphatic heterocycles.